The molecule has 0 unspecified atom stereocenters. The van der Waals surface area contributed by atoms with E-state index in [1.54, 1.807) is 30.1 Å². The maximum atomic E-state index is 11.6. The number of thiazole rings is 1. The Morgan fingerprint density at radius 2 is 2.39 bits per heavy atom. The molecule has 2 aromatic rings. The number of aromatic nitrogens is 3. The summed E-state index contributed by atoms with van der Waals surface area (Å²) in [6.07, 6.45) is 1.77. The third-order valence-electron chi connectivity index (χ3n) is 2.46. The molecule has 0 saturated heterocycles. The zero-order valence-corrected chi connectivity index (χ0v) is 11.0. The van der Waals surface area contributed by atoms with Crippen LogP contribution < -0.4 is 5.73 Å². The van der Waals surface area contributed by atoms with Crippen LogP contribution >= 0.6 is 11.3 Å². The molecule has 2 N–H and O–H groups in total. The van der Waals surface area contributed by atoms with Crippen molar-refractivity contribution in [1.82, 2.24) is 14.5 Å². The molecule has 0 aliphatic heterocycles. The Morgan fingerprint density at radius 3 is 3.00 bits per heavy atom. The Labute approximate surface area is 108 Å². The lowest BCUT2D eigenvalue weighted by Gasteiger charge is -2.05. The zero-order valence-electron chi connectivity index (χ0n) is 10.2. The van der Waals surface area contributed by atoms with E-state index < -0.39 is 5.97 Å². The molecule has 96 valence electrons. The highest BCUT2D eigenvalue weighted by Crippen LogP contribution is 2.18. The SMILES string of the molecule is CCOC(=O)c1nc(C)n(Cc2cncs2)c1N. The van der Waals surface area contributed by atoms with E-state index in [9.17, 15) is 4.79 Å². The van der Waals surface area contributed by atoms with Crippen molar-refractivity contribution in [3.63, 3.8) is 0 Å². The number of nitrogen functional groups attached to an aromatic ring is 1. The normalized spacial score (nSPS) is 10.6. The van der Waals surface area contributed by atoms with Crippen molar-refractivity contribution in [3.05, 3.63) is 28.1 Å². The predicted octanol–water partition coefficient (Wildman–Crippen LogP) is 1.46. The summed E-state index contributed by atoms with van der Waals surface area (Å²) in [5, 5.41) is 0. The van der Waals surface area contributed by atoms with Gasteiger partial charge in [0, 0.05) is 11.1 Å². The Balaban J connectivity index is 2.29. The van der Waals surface area contributed by atoms with E-state index in [1.165, 1.54) is 11.3 Å². The lowest BCUT2D eigenvalue weighted by atomic mass is 10.4. The van der Waals surface area contributed by atoms with E-state index in [0.29, 0.717) is 24.8 Å². The van der Waals surface area contributed by atoms with E-state index in [0.717, 1.165) is 4.88 Å². The zero-order chi connectivity index (χ0) is 13.1. The molecule has 18 heavy (non-hydrogen) atoms. The van der Waals surface area contributed by atoms with Gasteiger partial charge in [-0.15, -0.1) is 11.3 Å². The number of nitrogens with two attached hydrogens (primary N) is 1. The van der Waals surface area contributed by atoms with Gasteiger partial charge in [-0.25, -0.2) is 9.78 Å². The Hall–Kier alpha value is -1.89. The molecular formula is C11H14N4O2S. The van der Waals surface area contributed by atoms with Gasteiger partial charge in [-0.1, -0.05) is 0 Å². The van der Waals surface area contributed by atoms with Crippen LogP contribution in [0.2, 0.25) is 0 Å². The van der Waals surface area contributed by atoms with Crippen molar-refractivity contribution in [1.29, 1.82) is 0 Å². The summed E-state index contributed by atoms with van der Waals surface area (Å²) >= 11 is 1.53. The first-order chi connectivity index (χ1) is 8.63. The van der Waals surface area contributed by atoms with E-state index >= 15 is 0 Å². The Kier molecular flexibility index (Phi) is 3.61. The fraction of sp³-hybridized carbons (Fsp3) is 0.364. The van der Waals surface area contributed by atoms with Gasteiger partial charge in [0.25, 0.3) is 0 Å². The fourth-order valence-electron chi connectivity index (χ4n) is 1.61. The molecule has 6 nitrogen and oxygen atoms in total. The molecule has 0 aliphatic rings. The summed E-state index contributed by atoms with van der Waals surface area (Å²) in [6.45, 7) is 4.42. The topological polar surface area (TPSA) is 83.0 Å². The maximum absolute atomic E-state index is 11.6. The van der Waals surface area contributed by atoms with Crippen LogP contribution in [0, 0.1) is 6.92 Å². The summed E-state index contributed by atoms with van der Waals surface area (Å²) in [7, 11) is 0. The second-order valence-electron chi connectivity index (χ2n) is 3.67. The fourth-order valence-corrected chi connectivity index (χ4v) is 2.19. The molecule has 0 aliphatic carbocycles. The molecular weight excluding hydrogens is 252 g/mol. The Morgan fingerprint density at radius 1 is 1.61 bits per heavy atom. The standard InChI is InChI=1S/C11H14N4O2S/c1-3-17-11(16)9-10(12)15(7(2)14-9)5-8-4-13-6-18-8/h4,6H,3,5,12H2,1-2H3. The first-order valence-electron chi connectivity index (χ1n) is 5.50. The van der Waals surface area contributed by atoms with Crippen molar-refractivity contribution >= 4 is 23.1 Å². The van der Waals surface area contributed by atoms with Crippen molar-refractivity contribution < 1.29 is 9.53 Å². The summed E-state index contributed by atoms with van der Waals surface area (Å²) in [4.78, 5) is 20.9. The van der Waals surface area contributed by atoms with Crippen LogP contribution in [0.4, 0.5) is 5.82 Å². The monoisotopic (exact) mass is 266 g/mol. The highest BCUT2D eigenvalue weighted by atomic mass is 32.1. The van der Waals surface area contributed by atoms with Crippen LogP contribution in [0.15, 0.2) is 11.7 Å². The summed E-state index contributed by atoms with van der Waals surface area (Å²) in [5.74, 6) is 0.532. The van der Waals surface area contributed by atoms with Gasteiger partial charge in [-0.2, -0.15) is 0 Å². The Bertz CT molecular complexity index is 548. The smallest absolute Gasteiger partial charge is 0.360 e. The highest BCUT2D eigenvalue weighted by molar-refractivity contribution is 7.09. The number of carbonyl (C=O) groups is 1. The number of anilines is 1. The van der Waals surface area contributed by atoms with Gasteiger partial charge in [0.2, 0.25) is 0 Å². The molecule has 2 aromatic heterocycles. The molecule has 0 fully saturated rings. The highest BCUT2D eigenvalue weighted by Gasteiger charge is 2.19. The van der Waals surface area contributed by atoms with Crippen LogP contribution in [0.5, 0.6) is 0 Å². The molecule has 0 bridgehead atoms. The minimum absolute atomic E-state index is 0.180. The van der Waals surface area contributed by atoms with Crippen molar-refractivity contribution in [3.8, 4) is 0 Å². The summed E-state index contributed by atoms with van der Waals surface area (Å²) in [6, 6.07) is 0. The molecule has 2 heterocycles. The number of carbonyl (C=O) groups excluding carboxylic acids is 1. The summed E-state index contributed by atoms with van der Waals surface area (Å²) in [5.41, 5.74) is 7.87. The average molecular weight is 266 g/mol. The van der Waals surface area contributed by atoms with Gasteiger partial charge in [-0.3, -0.25) is 4.98 Å². The molecule has 7 heteroatoms. The third kappa shape index (κ3) is 2.35. The van der Waals surface area contributed by atoms with E-state index in [1.807, 2.05) is 0 Å². The van der Waals surface area contributed by atoms with Gasteiger partial charge in [0.15, 0.2) is 5.69 Å². The van der Waals surface area contributed by atoms with E-state index in [-0.39, 0.29) is 5.69 Å². The maximum Gasteiger partial charge on any atom is 0.360 e. The second-order valence-corrected chi connectivity index (χ2v) is 4.64. The third-order valence-corrected chi connectivity index (χ3v) is 3.23. The van der Waals surface area contributed by atoms with Crippen LogP contribution in [-0.2, 0) is 11.3 Å². The first kappa shape index (κ1) is 12.6. The van der Waals surface area contributed by atoms with Gasteiger partial charge in [0.05, 0.1) is 18.7 Å². The van der Waals surface area contributed by atoms with Gasteiger partial charge in [-0.05, 0) is 13.8 Å². The minimum Gasteiger partial charge on any atom is -0.461 e. The average Bonchev–Trinajstić information content (AvgIpc) is 2.93. The quantitative estimate of drug-likeness (QED) is 0.847. The number of hydrogen-bond acceptors (Lipinski definition) is 6. The van der Waals surface area contributed by atoms with Crippen LogP contribution in [0.3, 0.4) is 0 Å². The number of aryl methyl sites for hydroxylation is 1. The van der Waals surface area contributed by atoms with Crippen molar-refractivity contribution in [2.75, 3.05) is 12.3 Å². The number of esters is 1. The first-order valence-corrected chi connectivity index (χ1v) is 6.38. The number of rotatable bonds is 4. The van der Waals surface area contributed by atoms with Gasteiger partial charge < -0.3 is 15.0 Å². The van der Waals surface area contributed by atoms with Gasteiger partial charge in [0.1, 0.15) is 11.6 Å². The van der Waals surface area contributed by atoms with E-state index in [4.69, 9.17) is 10.5 Å². The molecule has 0 spiro atoms. The van der Waals surface area contributed by atoms with Crippen molar-refractivity contribution in [2.24, 2.45) is 0 Å². The minimum atomic E-state index is -0.485. The largest absolute Gasteiger partial charge is 0.461 e. The molecule has 0 amide bonds. The second kappa shape index (κ2) is 5.18. The number of hydrogen-bond donors (Lipinski definition) is 1. The predicted molar refractivity (Wildman–Crippen MR) is 68.5 cm³/mol. The van der Waals surface area contributed by atoms with Crippen LogP contribution in [0.25, 0.3) is 0 Å². The molecule has 2 rings (SSSR count). The molecule has 0 aromatic carbocycles. The van der Waals surface area contributed by atoms with Crippen LogP contribution in [0.1, 0.15) is 28.1 Å². The van der Waals surface area contributed by atoms with E-state index in [2.05, 4.69) is 9.97 Å². The number of imidazole rings is 1. The van der Waals surface area contributed by atoms with Crippen molar-refractivity contribution in [2.45, 2.75) is 20.4 Å². The lowest BCUT2D eigenvalue weighted by molar-refractivity contribution is 0.0521. The summed E-state index contributed by atoms with van der Waals surface area (Å²) < 4.78 is 6.69. The van der Waals surface area contributed by atoms with Gasteiger partial charge >= 0.3 is 5.97 Å². The molecule has 0 saturated carbocycles. The number of nitrogens with zero attached hydrogens (tertiary/aromatic N) is 3. The molecule has 0 atom stereocenters. The number of ether oxygens (including phenoxy) is 1. The molecule has 0 radical (unpaired) electrons. The van der Waals surface area contributed by atoms with Crippen LogP contribution in [-0.4, -0.2) is 27.1 Å². The lowest BCUT2D eigenvalue weighted by Crippen LogP contribution is -2.10.